The minimum absolute atomic E-state index is 0.0926. The number of urea groups is 1. The third-order valence-electron chi connectivity index (χ3n) is 4.80. The highest BCUT2D eigenvalue weighted by molar-refractivity contribution is 5.91. The van der Waals surface area contributed by atoms with E-state index in [-0.39, 0.29) is 6.54 Å². The third kappa shape index (κ3) is 5.18. The van der Waals surface area contributed by atoms with Crippen molar-refractivity contribution >= 4 is 11.7 Å². The lowest BCUT2D eigenvalue weighted by atomic mass is 10.0. The second-order valence-corrected chi connectivity index (χ2v) is 7.04. The highest BCUT2D eigenvalue weighted by Gasteiger charge is 2.21. The van der Waals surface area contributed by atoms with Gasteiger partial charge in [-0.25, -0.2) is 4.79 Å². The molecule has 0 aliphatic heterocycles. The Morgan fingerprint density at radius 1 is 1.09 bits per heavy atom. The van der Waals surface area contributed by atoms with Crippen molar-refractivity contribution in [1.82, 2.24) is 10.5 Å². The minimum atomic E-state index is -0.683. The van der Waals surface area contributed by atoms with Gasteiger partial charge < -0.3 is 29.2 Å². The zero-order valence-corrected chi connectivity index (χ0v) is 19.1. The Bertz CT molecular complexity index is 1070. The van der Waals surface area contributed by atoms with Gasteiger partial charge in [0.25, 0.3) is 0 Å². The number of ether oxygens (including phenoxy) is 3. The van der Waals surface area contributed by atoms with Crippen molar-refractivity contribution in [2.45, 2.75) is 13.0 Å². The summed E-state index contributed by atoms with van der Waals surface area (Å²) in [6, 6.07) is 10.1. The summed E-state index contributed by atoms with van der Waals surface area (Å²) >= 11 is 0. The van der Waals surface area contributed by atoms with Crippen LogP contribution in [0, 0.1) is 0 Å². The topological polar surface area (TPSA) is 116 Å². The van der Waals surface area contributed by atoms with Crippen LogP contribution in [0.3, 0.4) is 0 Å². The van der Waals surface area contributed by atoms with Gasteiger partial charge in [0, 0.05) is 17.7 Å². The summed E-state index contributed by atoms with van der Waals surface area (Å²) in [5, 5.41) is 17.1. The maximum Gasteiger partial charge on any atom is 0.346 e. The molecular weight excluding hydrogens is 430 g/mol. The Kier molecular flexibility index (Phi) is 7.75. The molecule has 0 fully saturated rings. The molecule has 0 bridgehead atoms. The van der Waals surface area contributed by atoms with Crippen molar-refractivity contribution in [3.8, 4) is 39.7 Å². The van der Waals surface area contributed by atoms with E-state index in [0.29, 0.717) is 39.8 Å². The fraction of sp³-hybridized carbons (Fsp3) is 0.304. The number of aromatic nitrogens is 1. The Hall–Kier alpha value is -3.76. The normalized spacial score (nSPS) is 11.6. The smallest absolute Gasteiger partial charge is 0.346 e. The van der Waals surface area contributed by atoms with Crippen molar-refractivity contribution in [3.63, 3.8) is 0 Å². The molecule has 33 heavy (non-hydrogen) atoms. The molecule has 10 heteroatoms. The van der Waals surface area contributed by atoms with E-state index < -0.39 is 12.1 Å². The molecule has 2 N–H and O–H groups in total. The fourth-order valence-corrected chi connectivity index (χ4v) is 3.28. The second-order valence-electron chi connectivity index (χ2n) is 7.04. The molecule has 0 spiro atoms. The van der Waals surface area contributed by atoms with Gasteiger partial charge in [0.15, 0.2) is 17.3 Å². The zero-order valence-electron chi connectivity index (χ0n) is 19.1. The van der Waals surface area contributed by atoms with Crippen LogP contribution in [-0.4, -0.2) is 57.4 Å². The van der Waals surface area contributed by atoms with Crippen molar-refractivity contribution in [2.75, 3.05) is 40.0 Å². The van der Waals surface area contributed by atoms with E-state index >= 15 is 0 Å². The van der Waals surface area contributed by atoms with Gasteiger partial charge in [-0.2, -0.15) is 5.06 Å². The van der Waals surface area contributed by atoms with E-state index in [1.807, 2.05) is 6.07 Å². The molecule has 0 saturated heterocycles. The molecule has 10 nitrogen and oxygen atoms in total. The van der Waals surface area contributed by atoms with Crippen LogP contribution in [0.4, 0.5) is 10.5 Å². The third-order valence-corrected chi connectivity index (χ3v) is 4.80. The number of benzene rings is 2. The van der Waals surface area contributed by atoms with E-state index in [1.54, 1.807) is 43.5 Å². The van der Waals surface area contributed by atoms with E-state index in [4.69, 9.17) is 23.6 Å². The Morgan fingerprint density at radius 2 is 1.79 bits per heavy atom. The summed E-state index contributed by atoms with van der Waals surface area (Å²) in [6.07, 6.45) is 0.902. The van der Waals surface area contributed by atoms with Gasteiger partial charge in [-0.1, -0.05) is 17.3 Å². The van der Waals surface area contributed by atoms with Crippen molar-refractivity contribution in [1.29, 1.82) is 0 Å². The number of amides is 2. The molecule has 0 saturated carbocycles. The molecule has 0 aliphatic carbocycles. The summed E-state index contributed by atoms with van der Waals surface area (Å²) < 4.78 is 21.8. The van der Waals surface area contributed by atoms with E-state index in [0.717, 1.165) is 10.6 Å². The molecule has 2 amide bonds. The molecule has 176 valence electrons. The van der Waals surface area contributed by atoms with Crippen LogP contribution in [-0.2, 0) is 4.84 Å². The first kappa shape index (κ1) is 23.9. The standard InChI is InChI=1S/C23H27N3O7/c1-14(27)12-24-23(28)26(32-5)17-8-6-7-15(9-17)18-13-25-33-21(18)16-10-19(29-2)22(31-4)20(11-16)30-3/h6-11,13-14,27H,12H2,1-5H3,(H,24,28). The Morgan fingerprint density at radius 3 is 2.36 bits per heavy atom. The number of carbonyl (C=O) groups excluding carboxylic acids is 1. The van der Waals surface area contributed by atoms with Crippen LogP contribution in [0.2, 0.25) is 0 Å². The number of methoxy groups -OCH3 is 3. The summed E-state index contributed by atoms with van der Waals surface area (Å²) in [6.45, 7) is 1.67. The van der Waals surface area contributed by atoms with Crippen molar-refractivity contribution in [2.24, 2.45) is 0 Å². The molecule has 3 rings (SSSR count). The minimum Gasteiger partial charge on any atom is -0.493 e. The van der Waals surface area contributed by atoms with E-state index in [2.05, 4.69) is 10.5 Å². The van der Waals surface area contributed by atoms with Gasteiger partial charge in [-0.05, 0) is 36.8 Å². The van der Waals surface area contributed by atoms with Crippen LogP contribution in [0.5, 0.6) is 17.2 Å². The zero-order chi connectivity index (χ0) is 24.0. The first-order chi connectivity index (χ1) is 15.9. The Balaban J connectivity index is 2.00. The van der Waals surface area contributed by atoms with Gasteiger partial charge in [0.2, 0.25) is 5.75 Å². The number of hydroxylamine groups is 1. The molecular formula is C23H27N3O7. The highest BCUT2D eigenvalue weighted by atomic mass is 16.7. The molecule has 2 aromatic carbocycles. The van der Waals surface area contributed by atoms with E-state index in [1.165, 1.54) is 28.4 Å². The average molecular weight is 457 g/mol. The van der Waals surface area contributed by atoms with Gasteiger partial charge in [-0.15, -0.1) is 0 Å². The number of rotatable bonds is 9. The van der Waals surface area contributed by atoms with Gasteiger partial charge in [-0.3, -0.25) is 4.84 Å². The number of aliphatic hydroxyl groups excluding tert-OH is 1. The van der Waals surface area contributed by atoms with Gasteiger partial charge >= 0.3 is 6.03 Å². The summed E-state index contributed by atoms with van der Waals surface area (Å²) in [7, 11) is 5.99. The molecule has 0 radical (unpaired) electrons. The second kappa shape index (κ2) is 10.7. The number of anilines is 1. The van der Waals surface area contributed by atoms with Crippen LogP contribution in [0.25, 0.3) is 22.5 Å². The summed E-state index contributed by atoms with van der Waals surface area (Å²) in [5.41, 5.74) is 2.57. The maximum absolute atomic E-state index is 12.5. The van der Waals surface area contributed by atoms with Gasteiger partial charge in [0.05, 0.1) is 46.4 Å². The number of hydrogen-bond donors (Lipinski definition) is 2. The number of aliphatic hydroxyl groups is 1. The molecule has 0 aliphatic rings. The predicted molar refractivity (Wildman–Crippen MR) is 122 cm³/mol. The molecule has 1 unspecified atom stereocenters. The summed E-state index contributed by atoms with van der Waals surface area (Å²) in [5.74, 6) is 1.89. The van der Waals surface area contributed by atoms with Crippen LogP contribution in [0.1, 0.15) is 6.92 Å². The van der Waals surface area contributed by atoms with Crippen LogP contribution >= 0.6 is 0 Å². The lowest BCUT2D eigenvalue weighted by Gasteiger charge is -2.21. The lowest BCUT2D eigenvalue weighted by molar-refractivity contribution is 0.154. The Labute approximate surface area is 191 Å². The van der Waals surface area contributed by atoms with Crippen molar-refractivity contribution < 1.29 is 33.5 Å². The van der Waals surface area contributed by atoms with Crippen LogP contribution in [0.15, 0.2) is 47.1 Å². The monoisotopic (exact) mass is 457 g/mol. The summed E-state index contributed by atoms with van der Waals surface area (Å²) in [4.78, 5) is 17.7. The average Bonchev–Trinajstić information content (AvgIpc) is 3.32. The van der Waals surface area contributed by atoms with Crippen LogP contribution < -0.4 is 24.6 Å². The first-order valence-corrected chi connectivity index (χ1v) is 10.1. The maximum atomic E-state index is 12.5. The number of hydrogen-bond acceptors (Lipinski definition) is 8. The SMILES string of the molecule is COc1cc(-c2oncc2-c2cccc(N(OC)C(=O)NCC(C)O)c2)cc(OC)c1OC. The molecule has 1 atom stereocenters. The largest absolute Gasteiger partial charge is 0.493 e. The fourth-order valence-electron chi connectivity index (χ4n) is 3.28. The highest BCUT2D eigenvalue weighted by Crippen LogP contribution is 2.43. The lowest BCUT2D eigenvalue weighted by Crippen LogP contribution is -2.42. The quantitative estimate of drug-likeness (QED) is 0.469. The predicted octanol–water partition coefficient (Wildman–Crippen LogP) is 3.49. The first-order valence-electron chi connectivity index (χ1n) is 10.1. The molecule has 1 heterocycles. The van der Waals surface area contributed by atoms with Gasteiger partial charge in [0.1, 0.15) is 0 Å². The van der Waals surface area contributed by atoms with E-state index in [9.17, 15) is 9.90 Å². The molecule has 1 aromatic heterocycles. The number of nitrogens with one attached hydrogen (secondary N) is 1. The molecule has 3 aromatic rings. The van der Waals surface area contributed by atoms with Crippen molar-refractivity contribution in [3.05, 3.63) is 42.6 Å². The number of nitrogens with zero attached hydrogens (tertiary/aromatic N) is 2. The number of carbonyl (C=O) groups is 1.